The lowest BCUT2D eigenvalue weighted by Gasteiger charge is -2.30. The molecule has 0 aromatic carbocycles. The Kier molecular flexibility index (Phi) is 19.0. The molecule has 4 aliphatic heterocycles. The second-order valence-electron chi connectivity index (χ2n) is 17.8. The van der Waals surface area contributed by atoms with E-state index in [4.69, 9.17) is 9.68 Å². The third kappa shape index (κ3) is 17.3. The molecule has 4 N–H and O–H groups in total. The van der Waals surface area contributed by atoms with E-state index in [0.29, 0.717) is 10.1 Å². The van der Waals surface area contributed by atoms with Crippen LogP contribution in [0.2, 0.25) is 0 Å². The molecule has 0 bridgehead atoms. The number of likely N-dealkylation sites (tertiary alicyclic amines) is 2. The van der Waals surface area contributed by atoms with Crippen LogP contribution in [0.25, 0.3) is 0 Å². The molecule has 0 spiro atoms. The molecule has 0 radical (unpaired) electrons. The summed E-state index contributed by atoms with van der Waals surface area (Å²) in [5.41, 5.74) is 0.221. The van der Waals surface area contributed by atoms with Crippen molar-refractivity contribution in [2.75, 3.05) is 52.4 Å². The number of carbonyl (C=O) groups excluding carboxylic acids is 10. The standard InChI is InChI=1S/2C20H32N4O6/c2*1-20(2,3)13-23-12-4-5-14(23)19(29)22-10-8-15(25)21-11-9-18(28)30-24-16(26)6-7-17(24)27/h2*14H,4-13H2,1-3H3,(H,21,25)(H,22,29)/i1+1,2+1,3+1,4+1,5+1,12+1,13+1,14+1,23+1;1+1,2+1,3+1,4+1,5+1,12+1,13+1,14+1,22+1. The molecule has 4 rings (SSSR count). The van der Waals surface area contributed by atoms with E-state index in [9.17, 15) is 47.9 Å². The first-order valence-corrected chi connectivity index (χ1v) is 20.8. The van der Waals surface area contributed by atoms with E-state index in [-0.39, 0.29) is 124 Å². The summed E-state index contributed by atoms with van der Waals surface area (Å²) in [6.45, 7) is 16.8. The van der Waals surface area contributed by atoms with Crippen LogP contribution in [0.3, 0.4) is 0 Å². The molecule has 2 atom stereocenters. The summed E-state index contributed by atoms with van der Waals surface area (Å²) in [6, 6.07) is -0.309. The second-order valence-corrected chi connectivity index (χ2v) is 17.8. The summed E-state index contributed by atoms with van der Waals surface area (Å²) >= 11 is 0. The van der Waals surface area contributed by atoms with Gasteiger partial charge in [-0.15, -0.1) is 10.1 Å². The maximum atomic E-state index is 12.4. The number of nitrogens with one attached hydrogen (secondary N) is 4. The summed E-state index contributed by atoms with van der Waals surface area (Å²) in [6.07, 6.45) is 3.58. The first kappa shape index (κ1) is 49.4. The number of amides is 8. The minimum atomic E-state index is -0.771. The predicted octanol–water partition coefficient (Wildman–Crippen LogP) is 0.233. The molecule has 4 saturated heterocycles. The molecule has 2 unspecified atom stereocenters. The van der Waals surface area contributed by atoms with Crippen molar-refractivity contribution < 1.29 is 57.6 Å². The maximum absolute atomic E-state index is 12.4. The van der Waals surface area contributed by atoms with Crippen LogP contribution in [0, 0.1) is 10.8 Å². The van der Waals surface area contributed by atoms with Crippen LogP contribution in [0.1, 0.15) is 119 Å². The van der Waals surface area contributed by atoms with Gasteiger partial charge in [0.25, 0.3) is 23.6 Å². The van der Waals surface area contributed by atoms with Gasteiger partial charge in [-0.05, 0) is 49.6 Å². The summed E-state index contributed by atoms with van der Waals surface area (Å²) in [4.78, 5) is 131. The Morgan fingerprint density at radius 1 is 0.517 bits per heavy atom. The number of hydrogen-bond acceptors (Lipinski definition) is 14. The second kappa shape index (κ2) is 23.1. The molecule has 60 heavy (non-hydrogen) atoms. The van der Waals surface area contributed by atoms with Gasteiger partial charge in [0.2, 0.25) is 23.6 Å². The molecule has 0 saturated carbocycles. The van der Waals surface area contributed by atoms with Gasteiger partial charge in [0.15, 0.2) is 0 Å². The first-order valence-electron chi connectivity index (χ1n) is 20.8. The average Bonchev–Trinajstić information content (AvgIpc) is 3.94. The van der Waals surface area contributed by atoms with Crippen LogP contribution in [-0.4, -0.2) is 144 Å². The van der Waals surface area contributed by atoms with E-state index in [1.165, 1.54) is 0 Å². The Morgan fingerprint density at radius 3 is 1.15 bits per heavy atom. The van der Waals surface area contributed by atoms with Crippen molar-refractivity contribution in [3.8, 4) is 0 Å². The van der Waals surface area contributed by atoms with Gasteiger partial charge in [0, 0.05) is 77.8 Å². The number of rotatable bonds is 18. The third-order valence-corrected chi connectivity index (χ3v) is 9.69. The van der Waals surface area contributed by atoms with Crippen molar-refractivity contribution in [1.29, 1.82) is 0 Å². The Balaban J connectivity index is 0.000000320. The number of hydrogen-bond donors (Lipinski definition) is 4. The molecule has 20 heteroatoms. The minimum absolute atomic E-state index is 0.0177. The van der Waals surface area contributed by atoms with Crippen molar-refractivity contribution in [3.05, 3.63) is 0 Å². The van der Waals surface area contributed by atoms with E-state index >= 15 is 0 Å². The van der Waals surface area contributed by atoms with Crippen LogP contribution in [0.4, 0.5) is 0 Å². The highest BCUT2D eigenvalue weighted by molar-refractivity contribution is 6.02. The molecule has 0 aromatic heterocycles. The third-order valence-electron chi connectivity index (χ3n) is 9.69. The monoisotopic (exact) mass is 867 g/mol. The average molecular weight is 867 g/mol. The molecular weight excluding hydrogens is 802 g/mol. The van der Waals surface area contributed by atoms with E-state index in [2.05, 4.69) is 72.6 Å². The van der Waals surface area contributed by atoms with Crippen LogP contribution in [-0.2, 0) is 57.6 Å². The summed E-state index contributed by atoms with van der Waals surface area (Å²) < 4.78 is 0. The lowest BCUT2D eigenvalue weighted by atomic mass is 10.3. The normalized spacial score (nSPS) is 19.8. The fourth-order valence-corrected chi connectivity index (χ4v) is 7.07. The van der Waals surface area contributed by atoms with E-state index in [1.54, 1.807) is 0 Å². The zero-order chi connectivity index (χ0) is 44.6. The number of imide groups is 2. The van der Waals surface area contributed by atoms with Gasteiger partial charge in [-0.25, -0.2) is 9.59 Å². The predicted molar refractivity (Wildman–Crippen MR) is 213 cm³/mol. The van der Waals surface area contributed by atoms with Crippen LogP contribution < -0.4 is 21.3 Å². The van der Waals surface area contributed by atoms with Crippen molar-refractivity contribution in [1.82, 2.24) is 41.2 Å². The Morgan fingerprint density at radius 2 is 0.833 bits per heavy atom. The van der Waals surface area contributed by atoms with Gasteiger partial charge in [-0.1, -0.05) is 41.5 Å². The quantitative estimate of drug-likeness (QED) is 0.0819. The lowest BCUT2D eigenvalue weighted by molar-refractivity contribution is -0.197. The molecule has 0 aliphatic carbocycles. The first-order chi connectivity index (χ1) is 28.1. The Labute approximate surface area is 351 Å². The van der Waals surface area contributed by atoms with Gasteiger partial charge in [-0.2, -0.15) is 0 Å². The van der Waals surface area contributed by atoms with Crippen LogP contribution >= 0.6 is 0 Å². The van der Waals surface area contributed by atoms with E-state index in [0.717, 1.165) is 51.9 Å². The highest BCUT2D eigenvalue weighted by Crippen LogP contribution is 2.25. The van der Waals surface area contributed by atoms with E-state index in [1.807, 2.05) is 0 Å². The van der Waals surface area contributed by atoms with Gasteiger partial charge in [-0.3, -0.25) is 48.2 Å². The molecule has 4 heterocycles. The topological polar surface area (TPSA) is 250 Å². The zero-order valence-corrected chi connectivity index (χ0v) is 36.0. The number of hydroxylamine groups is 4. The van der Waals surface area contributed by atoms with Crippen molar-refractivity contribution >= 4 is 59.2 Å². The minimum Gasteiger partial charge on any atom is -0.355 e. The highest BCUT2D eigenvalue weighted by Gasteiger charge is 2.36. The fraction of sp³-hybridized carbons (Fsp3) is 0.750. The van der Waals surface area contributed by atoms with Crippen LogP contribution in [0.15, 0.2) is 0 Å². The van der Waals surface area contributed by atoms with Crippen molar-refractivity contribution in [2.45, 2.75) is 131 Å². The lowest BCUT2D eigenvalue weighted by Crippen LogP contribution is -2.46. The molecule has 8 amide bonds. The van der Waals surface area contributed by atoms with Gasteiger partial charge in [0.1, 0.15) is 0 Å². The van der Waals surface area contributed by atoms with Gasteiger partial charge >= 0.3 is 11.9 Å². The van der Waals surface area contributed by atoms with Crippen molar-refractivity contribution in [2.24, 2.45) is 10.8 Å². The summed E-state index contributed by atoms with van der Waals surface area (Å²) in [5, 5.41) is 11.7. The van der Waals surface area contributed by atoms with E-state index < -0.39 is 35.6 Å². The fourth-order valence-electron chi connectivity index (χ4n) is 7.07. The SMILES string of the molecule is [13CH3]C([13CH3])([13CH3])[13CH2]N1[13CH2][13CH2][13CH2][13CH]1C(=O)[15NH]CCC(=O)NCCC(=O)ON1C(=O)CCC1=O.[13CH3]C([13CH3])([13CH3])[13CH2][15N]1[13CH2][13CH2][13CH2][13CH]1C(=O)NCCC(=O)NCCC(=O)ON1C(=O)CCC1=O. The Hall–Kier alpha value is -4.98. The molecule has 336 valence electrons. The number of carbonyl (C=O) groups is 10. The largest absolute Gasteiger partial charge is 0.355 e. The molecule has 4 fully saturated rings. The van der Waals surface area contributed by atoms with Crippen molar-refractivity contribution in [3.63, 3.8) is 0 Å². The Bertz CT molecular complexity index is 1460. The summed E-state index contributed by atoms with van der Waals surface area (Å²) in [5.74, 6) is -4.47. The molecule has 20 nitrogen and oxygen atoms in total. The smallest absolute Gasteiger partial charge is 0.334 e. The zero-order valence-electron chi connectivity index (χ0n) is 36.0. The molecular formula is C40H64N8O12. The van der Waals surface area contributed by atoms with Crippen LogP contribution in [0.5, 0.6) is 0 Å². The molecule has 4 aliphatic rings. The number of nitrogens with zero attached hydrogens (tertiary/aromatic N) is 4. The van der Waals surface area contributed by atoms with Gasteiger partial charge < -0.3 is 30.9 Å². The molecule has 0 aromatic rings. The highest BCUT2D eigenvalue weighted by atomic mass is 16.7. The summed E-state index contributed by atoms with van der Waals surface area (Å²) in [7, 11) is 0. The van der Waals surface area contributed by atoms with Gasteiger partial charge in [0.05, 0.1) is 24.9 Å². The maximum Gasteiger partial charge on any atom is 0.334 e.